The molecule has 2 aliphatic heterocycles. The monoisotopic (exact) mass is 406 g/mol. The Balaban J connectivity index is 1.47. The lowest BCUT2D eigenvalue weighted by atomic mass is 9.91. The number of para-hydroxylation sites is 1. The summed E-state index contributed by atoms with van der Waals surface area (Å²) in [5.74, 6) is 0.826. The van der Waals surface area contributed by atoms with Crippen molar-refractivity contribution in [2.24, 2.45) is 11.8 Å². The van der Waals surface area contributed by atoms with Crippen LogP contribution in [0.25, 0.3) is 0 Å². The molecule has 2 heterocycles. The van der Waals surface area contributed by atoms with E-state index in [4.69, 9.17) is 4.74 Å². The lowest BCUT2D eigenvalue weighted by Gasteiger charge is -2.35. The molecular weight excluding hydrogens is 376 g/mol. The highest BCUT2D eigenvalue weighted by atomic mass is 16.5. The molecule has 0 saturated carbocycles. The first kappa shape index (κ1) is 20.6. The highest BCUT2D eigenvalue weighted by Crippen LogP contribution is 2.30. The molecule has 0 radical (unpaired) electrons. The molecule has 1 N–H and O–H groups in total. The smallest absolute Gasteiger partial charge is 0.255 e. The van der Waals surface area contributed by atoms with Crippen molar-refractivity contribution in [3.05, 3.63) is 65.2 Å². The summed E-state index contributed by atoms with van der Waals surface area (Å²) in [6.45, 7) is 6.52. The molecule has 0 spiro atoms. The van der Waals surface area contributed by atoms with Gasteiger partial charge in [-0.15, -0.1) is 0 Å². The SMILES string of the molecule is CC1CC(C)CN(C(=O)c2ccccc2NC(=O)CC2OCCc3ccccc32)C1. The molecule has 0 bridgehead atoms. The first-order valence-electron chi connectivity index (χ1n) is 10.9. The third-order valence-electron chi connectivity index (χ3n) is 6.05. The van der Waals surface area contributed by atoms with Crippen molar-refractivity contribution in [3.8, 4) is 0 Å². The van der Waals surface area contributed by atoms with E-state index in [9.17, 15) is 9.59 Å². The van der Waals surface area contributed by atoms with Gasteiger partial charge in [0.1, 0.15) is 0 Å². The Labute approximate surface area is 178 Å². The Bertz CT molecular complexity index is 916. The van der Waals surface area contributed by atoms with Crippen molar-refractivity contribution in [1.29, 1.82) is 0 Å². The number of carbonyl (C=O) groups excluding carboxylic acids is 2. The van der Waals surface area contributed by atoms with Gasteiger partial charge in [-0.1, -0.05) is 50.2 Å². The third kappa shape index (κ3) is 4.57. The van der Waals surface area contributed by atoms with Crippen molar-refractivity contribution in [2.75, 3.05) is 25.0 Å². The van der Waals surface area contributed by atoms with Crippen molar-refractivity contribution < 1.29 is 14.3 Å². The fourth-order valence-corrected chi connectivity index (χ4v) is 4.79. The Morgan fingerprint density at radius 2 is 1.73 bits per heavy atom. The maximum absolute atomic E-state index is 13.2. The summed E-state index contributed by atoms with van der Waals surface area (Å²) < 4.78 is 5.87. The molecule has 2 aliphatic rings. The molecule has 158 valence electrons. The average molecular weight is 407 g/mol. The first-order valence-corrected chi connectivity index (χ1v) is 10.9. The molecule has 5 nitrogen and oxygen atoms in total. The van der Waals surface area contributed by atoms with E-state index in [2.05, 4.69) is 25.2 Å². The number of hydrogen-bond donors (Lipinski definition) is 1. The second-order valence-electron chi connectivity index (χ2n) is 8.76. The normalized spacial score (nSPS) is 23.5. The first-order chi connectivity index (χ1) is 14.5. The predicted molar refractivity (Wildman–Crippen MR) is 117 cm³/mol. The van der Waals surface area contributed by atoms with E-state index in [0.717, 1.165) is 31.5 Å². The maximum Gasteiger partial charge on any atom is 0.255 e. The predicted octanol–water partition coefficient (Wildman–Crippen LogP) is 4.45. The van der Waals surface area contributed by atoms with Crippen LogP contribution in [-0.4, -0.2) is 36.4 Å². The molecule has 2 aromatic carbocycles. The van der Waals surface area contributed by atoms with E-state index >= 15 is 0 Å². The number of amides is 2. The molecule has 30 heavy (non-hydrogen) atoms. The zero-order valence-electron chi connectivity index (χ0n) is 17.8. The van der Waals surface area contributed by atoms with E-state index in [1.54, 1.807) is 12.1 Å². The molecule has 3 atom stereocenters. The number of nitrogens with one attached hydrogen (secondary N) is 1. The molecule has 3 unspecified atom stereocenters. The number of nitrogens with zero attached hydrogens (tertiary/aromatic N) is 1. The summed E-state index contributed by atoms with van der Waals surface area (Å²) in [5, 5.41) is 2.96. The molecular formula is C25H30N2O3. The van der Waals surface area contributed by atoms with Crippen LogP contribution in [0.1, 0.15) is 54.3 Å². The number of benzene rings is 2. The topological polar surface area (TPSA) is 58.6 Å². The molecule has 0 aliphatic carbocycles. The molecule has 1 fully saturated rings. The second-order valence-corrected chi connectivity index (χ2v) is 8.76. The van der Waals surface area contributed by atoms with Gasteiger partial charge in [0.15, 0.2) is 0 Å². The largest absolute Gasteiger partial charge is 0.373 e. The third-order valence-corrected chi connectivity index (χ3v) is 6.05. The van der Waals surface area contributed by atoms with E-state index in [0.29, 0.717) is 29.7 Å². The van der Waals surface area contributed by atoms with E-state index in [1.807, 2.05) is 35.2 Å². The Kier molecular flexibility index (Phi) is 6.18. The van der Waals surface area contributed by atoms with E-state index < -0.39 is 0 Å². The fraction of sp³-hybridized carbons (Fsp3) is 0.440. The average Bonchev–Trinajstić information content (AvgIpc) is 2.73. The van der Waals surface area contributed by atoms with Gasteiger partial charge in [-0.05, 0) is 47.9 Å². The van der Waals surface area contributed by atoms with Gasteiger partial charge in [0.2, 0.25) is 5.91 Å². The summed E-state index contributed by atoms with van der Waals surface area (Å²) in [5.41, 5.74) is 3.45. The Morgan fingerprint density at radius 3 is 2.53 bits per heavy atom. The molecule has 1 saturated heterocycles. The summed E-state index contributed by atoms with van der Waals surface area (Å²) >= 11 is 0. The summed E-state index contributed by atoms with van der Waals surface area (Å²) in [4.78, 5) is 27.9. The number of carbonyl (C=O) groups is 2. The molecule has 4 rings (SSSR count). The van der Waals surface area contributed by atoms with Gasteiger partial charge in [-0.2, -0.15) is 0 Å². The van der Waals surface area contributed by atoms with Gasteiger partial charge < -0.3 is 15.0 Å². The number of ether oxygens (including phenoxy) is 1. The van der Waals surface area contributed by atoms with Crippen LogP contribution >= 0.6 is 0 Å². The molecule has 5 heteroatoms. The number of rotatable bonds is 4. The van der Waals surface area contributed by atoms with E-state index in [1.165, 1.54) is 5.56 Å². The van der Waals surface area contributed by atoms with Gasteiger partial charge in [-0.3, -0.25) is 9.59 Å². The highest BCUT2D eigenvalue weighted by Gasteiger charge is 2.28. The van der Waals surface area contributed by atoms with Crippen LogP contribution in [0.3, 0.4) is 0 Å². The van der Waals surface area contributed by atoms with Crippen molar-refractivity contribution in [2.45, 2.75) is 39.2 Å². The number of piperidine rings is 1. The van der Waals surface area contributed by atoms with Crippen LogP contribution in [-0.2, 0) is 16.0 Å². The standard InChI is InChI=1S/C25H30N2O3/c1-17-13-18(2)16-27(15-17)25(29)21-9-5-6-10-22(21)26-24(28)14-23-20-8-4-3-7-19(20)11-12-30-23/h3-10,17-18,23H,11-16H2,1-2H3,(H,26,28). The minimum Gasteiger partial charge on any atom is -0.373 e. The number of fused-ring (bicyclic) bond motifs is 1. The van der Waals surface area contributed by atoms with Crippen LogP contribution < -0.4 is 5.32 Å². The van der Waals surface area contributed by atoms with Gasteiger partial charge in [0.05, 0.1) is 30.4 Å². The van der Waals surface area contributed by atoms with E-state index in [-0.39, 0.29) is 24.3 Å². The quantitative estimate of drug-likeness (QED) is 0.816. The van der Waals surface area contributed by atoms with Crippen molar-refractivity contribution in [1.82, 2.24) is 4.90 Å². The summed E-state index contributed by atoms with van der Waals surface area (Å²) in [6.07, 6.45) is 2.00. The van der Waals surface area contributed by atoms with Gasteiger partial charge >= 0.3 is 0 Å². The van der Waals surface area contributed by atoms with Crippen molar-refractivity contribution in [3.63, 3.8) is 0 Å². The Morgan fingerprint density at radius 1 is 1.03 bits per heavy atom. The van der Waals surface area contributed by atoms with Crippen LogP contribution in [0.15, 0.2) is 48.5 Å². The van der Waals surface area contributed by atoms with Crippen LogP contribution in [0.4, 0.5) is 5.69 Å². The molecule has 2 amide bonds. The van der Waals surface area contributed by atoms with Crippen LogP contribution in [0, 0.1) is 11.8 Å². The molecule has 2 aromatic rings. The zero-order valence-corrected chi connectivity index (χ0v) is 17.8. The van der Waals surface area contributed by atoms with Gasteiger partial charge in [0.25, 0.3) is 5.91 Å². The van der Waals surface area contributed by atoms with Gasteiger partial charge in [0, 0.05) is 13.1 Å². The highest BCUT2D eigenvalue weighted by molar-refractivity contribution is 6.03. The van der Waals surface area contributed by atoms with Crippen molar-refractivity contribution >= 4 is 17.5 Å². The fourth-order valence-electron chi connectivity index (χ4n) is 4.79. The minimum atomic E-state index is -0.249. The Hall–Kier alpha value is -2.66. The van der Waals surface area contributed by atoms with Gasteiger partial charge in [-0.25, -0.2) is 0 Å². The lowest BCUT2D eigenvalue weighted by Crippen LogP contribution is -2.42. The maximum atomic E-state index is 13.2. The van der Waals surface area contributed by atoms with Crippen LogP contribution in [0.5, 0.6) is 0 Å². The minimum absolute atomic E-state index is 0.0106. The second kappa shape index (κ2) is 9.00. The number of hydrogen-bond acceptors (Lipinski definition) is 3. The zero-order chi connectivity index (χ0) is 21.1. The molecule has 0 aromatic heterocycles. The summed E-state index contributed by atoms with van der Waals surface area (Å²) in [7, 11) is 0. The lowest BCUT2D eigenvalue weighted by molar-refractivity contribution is -0.119. The van der Waals surface area contributed by atoms with Crippen LogP contribution in [0.2, 0.25) is 0 Å². The number of likely N-dealkylation sites (tertiary alicyclic amines) is 1. The number of anilines is 1. The summed E-state index contributed by atoms with van der Waals surface area (Å²) in [6, 6.07) is 15.4.